The Hall–Kier alpha value is -2.53. The van der Waals surface area contributed by atoms with Crippen LogP contribution in [0, 0.1) is 0 Å². The van der Waals surface area contributed by atoms with E-state index in [-0.39, 0.29) is 40.5 Å². The van der Waals surface area contributed by atoms with E-state index in [1.807, 2.05) is 6.07 Å². The second-order valence-electron chi connectivity index (χ2n) is 12.5. The fourth-order valence-corrected chi connectivity index (χ4v) is 17.5. The van der Waals surface area contributed by atoms with Crippen molar-refractivity contribution in [2.45, 2.75) is 102 Å². The Morgan fingerprint density at radius 3 is 2.21 bits per heavy atom. The SMILES string of the molecule is CC(C)[Si]1(C(C)C)OC[C@H]2O[C@@H](n3cnc4c(NC(=O)c5ccccc5)ncnc43)[C@H](O)[C@H]2O[Si](C(C)C)(C(C)C)O1. The molecule has 2 N–H and O–H groups in total. The van der Waals surface area contributed by atoms with Crippen LogP contribution in [-0.4, -0.2) is 72.6 Å². The number of hydrogen-bond donors (Lipinski definition) is 2. The molecule has 0 saturated carbocycles. The Kier molecular flexibility index (Phi) is 8.74. The number of nitrogens with zero attached hydrogens (tertiary/aromatic N) is 4. The Morgan fingerprint density at radius 2 is 1.60 bits per heavy atom. The molecule has 1 amide bonds. The summed E-state index contributed by atoms with van der Waals surface area (Å²) in [5.41, 5.74) is 1.95. The molecule has 13 heteroatoms. The molecule has 2 aliphatic heterocycles. The molecule has 3 aromatic rings. The van der Waals surface area contributed by atoms with Crippen LogP contribution in [-0.2, 0) is 17.7 Å². The molecule has 0 aliphatic carbocycles. The highest BCUT2D eigenvalue weighted by atomic mass is 28.5. The van der Waals surface area contributed by atoms with Gasteiger partial charge >= 0.3 is 17.1 Å². The Morgan fingerprint density at radius 1 is 0.952 bits per heavy atom. The van der Waals surface area contributed by atoms with Gasteiger partial charge in [0.1, 0.15) is 24.6 Å². The van der Waals surface area contributed by atoms with Crippen molar-refractivity contribution < 1.29 is 27.6 Å². The number of aliphatic hydroxyl groups is 1. The third-order valence-electron chi connectivity index (χ3n) is 8.54. The highest BCUT2D eigenvalue weighted by molar-refractivity contribution is 6.84. The van der Waals surface area contributed by atoms with E-state index >= 15 is 0 Å². The summed E-state index contributed by atoms with van der Waals surface area (Å²) in [6, 6.07) is 8.88. The minimum absolute atomic E-state index is 0.119. The van der Waals surface area contributed by atoms with Crippen LogP contribution in [0.2, 0.25) is 22.2 Å². The Balaban J connectivity index is 1.49. The zero-order valence-corrected chi connectivity index (χ0v) is 27.6. The zero-order valence-electron chi connectivity index (χ0n) is 25.6. The molecule has 4 atom stereocenters. The number of amides is 1. The van der Waals surface area contributed by atoms with Gasteiger partial charge in [0.2, 0.25) is 0 Å². The first-order chi connectivity index (χ1) is 19.9. The first-order valence-electron chi connectivity index (χ1n) is 14.8. The van der Waals surface area contributed by atoms with Gasteiger partial charge in [-0.15, -0.1) is 0 Å². The topological polar surface area (TPSA) is 130 Å². The maximum Gasteiger partial charge on any atom is 0.335 e. The summed E-state index contributed by atoms with van der Waals surface area (Å²) in [7, 11) is -5.69. The van der Waals surface area contributed by atoms with E-state index in [0.717, 1.165) is 0 Å². The van der Waals surface area contributed by atoms with Crippen molar-refractivity contribution in [3.05, 3.63) is 48.5 Å². The first-order valence-corrected chi connectivity index (χ1v) is 18.7. The van der Waals surface area contributed by atoms with Crippen LogP contribution < -0.4 is 5.32 Å². The summed E-state index contributed by atoms with van der Waals surface area (Å²) < 4.78 is 29.3. The predicted octanol–water partition coefficient (Wildman–Crippen LogP) is 5.29. The molecule has 0 radical (unpaired) electrons. The highest BCUT2D eigenvalue weighted by Gasteiger charge is 2.61. The number of ether oxygens (including phenoxy) is 1. The summed E-state index contributed by atoms with van der Waals surface area (Å²) in [5.74, 6) is -0.0345. The minimum atomic E-state index is -2.94. The van der Waals surface area contributed by atoms with Crippen molar-refractivity contribution in [1.29, 1.82) is 0 Å². The molecule has 228 valence electrons. The molecular formula is C29H43N5O6Si2. The quantitative estimate of drug-likeness (QED) is 0.341. The summed E-state index contributed by atoms with van der Waals surface area (Å²) in [6.45, 7) is 17.5. The van der Waals surface area contributed by atoms with E-state index in [4.69, 9.17) is 17.7 Å². The molecule has 0 spiro atoms. The number of aliphatic hydroxyl groups excluding tert-OH is 1. The average Bonchev–Trinajstić information content (AvgIpc) is 3.49. The fraction of sp³-hybridized carbons (Fsp3) is 0.586. The maximum absolute atomic E-state index is 12.8. The van der Waals surface area contributed by atoms with Crippen molar-refractivity contribution in [2.24, 2.45) is 0 Å². The van der Waals surface area contributed by atoms with Crippen LogP contribution in [0.1, 0.15) is 72.0 Å². The van der Waals surface area contributed by atoms with E-state index in [1.165, 1.54) is 6.33 Å². The molecule has 4 heterocycles. The lowest BCUT2D eigenvalue weighted by molar-refractivity contribution is -0.0570. The number of rotatable bonds is 7. The number of nitrogens with one attached hydrogen (secondary N) is 1. The monoisotopic (exact) mass is 613 g/mol. The van der Waals surface area contributed by atoms with Crippen LogP contribution in [0.3, 0.4) is 0 Å². The van der Waals surface area contributed by atoms with Gasteiger partial charge in [-0.25, -0.2) is 15.0 Å². The number of fused-ring (bicyclic) bond motifs is 2. The lowest BCUT2D eigenvalue weighted by Gasteiger charge is -2.51. The van der Waals surface area contributed by atoms with Gasteiger partial charge in [-0.2, -0.15) is 0 Å². The summed E-state index contributed by atoms with van der Waals surface area (Å²) in [5, 5.41) is 14.6. The molecule has 2 aromatic heterocycles. The molecule has 1 aromatic carbocycles. The van der Waals surface area contributed by atoms with E-state index < -0.39 is 41.7 Å². The van der Waals surface area contributed by atoms with E-state index in [2.05, 4.69) is 75.7 Å². The van der Waals surface area contributed by atoms with Gasteiger partial charge in [-0.05, 0) is 34.3 Å². The number of imidazole rings is 1. The lowest BCUT2D eigenvalue weighted by Crippen LogP contribution is -2.65. The van der Waals surface area contributed by atoms with Gasteiger partial charge < -0.3 is 28.1 Å². The van der Waals surface area contributed by atoms with Crippen molar-refractivity contribution >= 4 is 40.0 Å². The summed E-state index contributed by atoms with van der Waals surface area (Å²) >= 11 is 0. The summed E-state index contributed by atoms with van der Waals surface area (Å²) in [4.78, 5) is 26.0. The molecule has 42 heavy (non-hydrogen) atoms. The molecule has 2 saturated heterocycles. The number of carbonyl (C=O) groups excluding carboxylic acids is 1. The van der Waals surface area contributed by atoms with Crippen LogP contribution in [0.5, 0.6) is 0 Å². The van der Waals surface area contributed by atoms with Gasteiger partial charge in [0, 0.05) is 5.56 Å². The third kappa shape index (κ3) is 5.25. The minimum Gasteiger partial charge on any atom is -0.414 e. The number of hydrogen-bond acceptors (Lipinski definition) is 9. The molecule has 2 fully saturated rings. The normalized spacial score (nSPS) is 25.6. The largest absolute Gasteiger partial charge is 0.414 e. The van der Waals surface area contributed by atoms with Gasteiger partial charge in [0.05, 0.1) is 12.9 Å². The standard InChI is InChI=1S/C29H43N5O6Si2/c1-17(2)41(18(3)4)37-14-22-25(39-42(40-41,19(5)6)20(7)8)24(35)29(38-22)34-16-32-23-26(30-15-31-27(23)34)33-28(36)21-12-10-9-11-13-21/h9-13,15-20,22,24-25,29,35H,14H2,1-8H3,(H,30,31,33,36)/t22-,24-,25+,29-/m1/s1. The van der Waals surface area contributed by atoms with Gasteiger partial charge in [0.15, 0.2) is 23.2 Å². The number of carbonyl (C=O) groups is 1. The van der Waals surface area contributed by atoms with E-state index in [0.29, 0.717) is 16.7 Å². The van der Waals surface area contributed by atoms with Crippen molar-refractivity contribution in [1.82, 2.24) is 19.5 Å². The third-order valence-corrected chi connectivity index (χ3v) is 18.8. The average molecular weight is 614 g/mol. The summed E-state index contributed by atoms with van der Waals surface area (Å²) in [6.07, 6.45) is -0.125. The van der Waals surface area contributed by atoms with Gasteiger partial charge in [-0.1, -0.05) is 73.6 Å². The maximum atomic E-state index is 12.8. The Bertz CT molecular complexity index is 1390. The molecular weight excluding hydrogens is 571 g/mol. The predicted molar refractivity (Wildman–Crippen MR) is 163 cm³/mol. The number of aromatic nitrogens is 4. The van der Waals surface area contributed by atoms with Crippen LogP contribution >= 0.6 is 0 Å². The van der Waals surface area contributed by atoms with Crippen molar-refractivity contribution in [2.75, 3.05) is 11.9 Å². The highest BCUT2D eigenvalue weighted by Crippen LogP contribution is 2.48. The van der Waals surface area contributed by atoms with Gasteiger partial charge in [-0.3, -0.25) is 9.36 Å². The van der Waals surface area contributed by atoms with E-state index in [9.17, 15) is 9.90 Å². The Labute approximate surface area is 249 Å². The number of anilines is 1. The zero-order chi connectivity index (χ0) is 30.4. The second-order valence-corrected chi connectivity index (χ2v) is 21.3. The van der Waals surface area contributed by atoms with Crippen LogP contribution in [0.25, 0.3) is 11.2 Å². The second kappa shape index (κ2) is 11.9. The number of benzene rings is 1. The molecule has 2 aliphatic rings. The van der Waals surface area contributed by atoms with E-state index in [1.54, 1.807) is 35.2 Å². The first kappa shape index (κ1) is 30.9. The molecule has 0 unspecified atom stereocenters. The van der Waals surface area contributed by atoms with Crippen molar-refractivity contribution in [3.8, 4) is 0 Å². The lowest BCUT2D eigenvalue weighted by atomic mass is 10.1. The van der Waals surface area contributed by atoms with Gasteiger partial charge in [0.25, 0.3) is 5.91 Å². The molecule has 11 nitrogen and oxygen atoms in total. The molecule has 5 rings (SSSR count). The fourth-order valence-electron chi connectivity index (χ4n) is 6.27. The van der Waals surface area contributed by atoms with Crippen LogP contribution in [0.4, 0.5) is 5.82 Å². The van der Waals surface area contributed by atoms with Crippen molar-refractivity contribution in [3.63, 3.8) is 0 Å². The molecule has 0 bridgehead atoms. The van der Waals surface area contributed by atoms with Crippen LogP contribution in [0.15, 0.2) is 43.0 Å². The smallest absolute Gasteiger partial charge is 0.335 e.